The lowest BCUT2D eigenvalue weighted by Gasteiger charge is -2.04. The molecule has 2 aromatic carbocycles. The van der Waals surface area contributed by atoms with Gasteiger partial charge in [0.1, 0.15) is 5.65 Å². The van der Waals surface area contributed by atoms with Gasteiger partial charge in [0.2, 0.25) is 5.91 Å². The van der Waals surface area contributed by atoms with Crippen LogP contribution in [0.25, 0.3) is 22.5 Å². The first-order valence-electron chi connectivity index (χ1n) is 7.81. The van der Waals surface area contributed by atoms with Crippen LogP contribution in [0.4, 0.5) is 5.69 Å². The van der Waals surface area contributed by atoms with E-state index in [9.17, 15) is 4.79 Å². The molecule has 0 aliphatic heterocycles. The van der Waals surface area contributed by atoms with Crippen LogP contribution in [0.3, 0.4) is 0 Å². The molecule has 0 saturated carbocycles. The van der Waals surface area contributed by atoms with Gasteiger partial charge in [0.25, 0.3) is 0 Å². The number of nitrogens with one attached hydrogen (secondary N) is 1. The molecule has 4 nitrogen and oxygen atoms in total. The Bertz CT molecular complexity index is 1110. The van der Waals surface area contributed by atoms with Crippen molar-refractivity contribution in [1.82, 2.24) is 9.38 Å². The lowest BCUT2D eigenvalue weighted by atomic mass is 10.1. The Labute approximate surface area is 149 Å². The molecule has 122 valence electrons. The summed E-state index contributed by atoms with van der Waals surface area (Å²) in [5.41, 5.74) is 2.16. The van der Waals surface area contributed by atoms with E-state index in [0.29, 0.717) is 10.8 Å². The standard InChI is InChI=1S/C20H14ClN3O/c21-20-17(24-12-4-3-7-18(24)23-20)10-11-19(25)22-16-9-8-14-5-1-2-6-15(14)13-16/h1-13H,(H,22,25)/b11-10+. The highest BCUT2D eigenvalue weighted by Gasteiger charge is 2.07. The van der Waals surface area contributed by atoms with Gasteiger partial charge in [-0.2, -0.15) is 0 Å². The molecule has 0 unspecified atom stereocenters. The van der Waals surface area contributed by atoms with Crippen molar-refractivity contribution in [1.29, 1.82) is 0 Å². The molecule has 25 heavy (non-hydrogen) atoms. The summed E-state index contributed by atoms with van der Waals surface area (Å²) in [6.45, 7) is 0. The third-order valence-electron chi connectivity index (χ3n) is 3.93. The maximum atomic E-state index is 12.2. The smallest absolute Gasteiger partial charge is 0.248 e. The largest absolute Gasteiger partial charge is 0.322 e. The van der Waals surface area contributed by atoms with Gasteiger partial charge < -0.3 is 5.32 Å². The zero-order valence-corrected chi connectivity index (χ0v) is 13.9. The number of hydrogen-bond donors (Lipinski definition) is 1. The lowest BCUT2D eigenvalue weighted by molar-refractivity contribution is -0.111. The van der Waals surface area contributed by atoms with Gasteiger partial charge in [-0.3, -0.25) is 9.20 Å². The fourth-order valence-corrected chi connectivity index (χ4v) is 2.98. The van der Waals surface area contributed by atoms with E-state index in [2.05, 4.69) is 10.3 Å². The van der Waals surface area contributed by atoms with Crippen molar-refractivity contribution < 1.29 is 4.79 Å². The van der Waals surface area contributed by atoms with E-state index >= 15 is 0 Å². The van der Waals surface area contributed by atoms with Crippen molar-refractivity contribution in [2.24, 2.45) is 0 Å². The summed E-state index contributed by atoms with van der Waals surface area (Å²) < 4.78 is 1.84. The fraction of sp³-hybridized carbons (Fsp3) is 0. The number of amides is 1. The molecule has 0 aliphatic rings. The average Bonchev–Trinajstić information content (AvgIpc) is 2.95. The van der Waals surface area contributed by atoms with Gasteiger partial charge in [0.05, 0.1) is 5.69 Å². The van der Waals surface area contributed by atoms with Crippen molar-refractivity contribution in [3.63, 3.8) is 0 Å². The predicted molar refractivity (Wildman–Crippen MR) is 102 cm³/mol. The molecule has 0 bridgehead atoms. The highest BCUT2D eigenvalue weighted by atomic mass is 35.5. The van der Waals surface area contributed by atoms with Crippen molar-refractivity contribution >= 4 is 45.7 Å². The van der Waals surface area contributed by atoms with Gasteiger partial charge in [0.15, 0.2) is 5.15 Å². The first kappa shape index (κ1) is 15.4. The highest BCUT2D eigenvalue weighted by molar-refractivity contribution is 6.31. The molecule has 0 aliphatic carbocycles. The third kappa shape index (κ3) is 3.12. The number of pyridine rings is 1. The quantitative estimate of drug-likeness (QED) is 0.541. The molecule has 5 heteroatoms. The van der Waals surface area contributed by atoms with E-state index in [4.69, 9.17) is 11.6 Å². The number of hydrogen-bond acceptors (Lipinski definition) is 2. The number of carbonyl (C=O) groups is 1. The summed E-state index contributed by atoms with van der Waals surface area (Å²) in [4.78, 5) is 16.5. The van der Waals surface area contributed by atoms with Crippen LogP contribution in [-0.2, 0) is 4.79 Å². The van der Waals surface area contributed by atoms with Crippen molar-refractivity contribution in [3.05, 3.63) is 83.8 Å². The third-order valence-corrected chi connectivity index (χ3v) is 4.21. The molecular formula is C20H14ClN3O. The van der Waals surface area contributed by atoms with Crippen LogP contribution in [0.5, 0.6) is 0 Å². The number of halogens is 1. The van der Waals surface area contributed by atoms with Crippen LogP contribution in [0, 0.1) is 0 Å². The number of anilines is 1. The van der Waals surface area contributed by atoms with E-state index < -0.39 is 0 Å². The first-order valence-corrected chi connectivity index (χ1v) is 8.19. The van der Waals surface area contributed by atoms with Gasteiger partial charge in [-0.15, -0.1) is 0 Å². The number of aromatic nitrogens is 2. The molecule has 0 spiro atoms. The number of carbonyl (C=O) groups excluding carboxylic acids is 1. The average molecular weight is 348 g/mol. The second-order valence-electron chi connectivity index (χ2n) is 5.60. The van der Waals surface area contributed by atoms with Crippen LogP contribution in [0.2, 0.25) is 5.15 Å². The van der Waals surface area contributed by atoms with E-state index in [-0.39, 0.29) is 5.91 Å². The molecule has 0 atom stereocenters. The SMILES string of the molecule is O=C(/C=C/c1c(Cl)nc2ccccn12)Nc1ccc2ccccc2c1. The van der Waals surface area contributed by atoms with Crippen molar-refractivity contribution in [3.8, 4) is 0 Å². The molecule has 2 aromatic heterocycles. The molecule has 4 rings (SSSR count). The zero-order valence-electron chi connectivity index (χ0n) is 13.2. The minimum absolute atomic E-state index is 0.225. The molecule has 2 heterocycles. The summed E-state index contributed by atoms with van der Waals surface area (Å²) in [5, 5.41) is 5.44. The van der Waals surface area contributed by atoms with E-state index in [0.717, 1.165) is 22.1 Å². The minimum atomic E-state index is -0.225. The second-order valence-corrected chi connectivity index (χ2v) is 5.96. The molecular weight excluding hydrogens is 334 g/mol. The Kier molecular flexibility index (Phi) is 3.96. The highest BCUT2D eigenvalue weighted by Crippen LogP contribution is 2.20. The van der Waals surface area contributed by atoms with Crippen LogP contribution >= 0.6 is 11.6 Å². The predicted octanol–water partition coefficient (Wildman–Crippen LogP) is 4.79. The Morgan fingerprint density at radius 3 is 2.72 bits per heavy atom. The van der Waals surface area contributed by atoms with Gasteiger partial charge in [0, 0.05) is 18.0 Å². The van der Waals surface area contributed by atoms with Crippen molar-refractivity contribution in [2.45, 2.75) is 0 Å². The summed E-state index contributed by atoms with van der Waals surface area (Å²) in [6, 6.07) is 19.5. The molecule has 4 aromatic rings. The van der Waals surface area contributed by atoms with Gasteiger partial charge in [-0.1, -0.05) is 48.0 Å². The summed E-state index contributed by atoms with van der Waals surface area (Å²) in [7, 11) is 0. The number of rotatable bonds is 3. The van der Waals surface area contributed by atoms with Crippen LogP contribution in [0.1, 0.15) is 5.69 Å². The lowest BCUT2D eigenvalue weighted by Crippen LogP contribution is -2.07. The number of fused-ring (bicyclic) bond motifs is 2. The Hall–Kier alpha value is -3.11. The summed E-state index contributed by atoms with van der Waals surface area (Å²) in [5.74, 6) is -0.225. The normalized spacial score (nSPS) is 11.4. The first-order chi connectivity index (χ1) is 12.2. The maximum Gasteiger partial charge on any atom is 0.248 e. The molecule has 0 saturated heterocycles. The topological polar surface area (TPSA) is 46.4 Å². The molecule has 1 N–H and O–H groups in total. The Balaban J connectivity index is 1.56. The monoisotopic (exact) mass is 347 g/mol. The molecule has 1 amide bonds. The number of benzene rings is 2. The van der Waals surface area contributed by atoms with Gasteiger partial charge >= 0.3 is 0 Å². The van der Waals surface area contributed by atoms with E-state index in [1.54, 1.807) is 6.08 Å². The number of imidazole rings is 1. The summed E-state index contributed by atoms with van der Waals surface area (Å²) in [6.07, 6.45) is 4.98. The Morgan fingerprint density at radius 2 is 1.84 bits per heavy atom. The molecule has 0 radical (unpaired) electrons. The fourth-order valence-electron chi connectivity index (χ4n) is 2.74. The minimum Gasteiger partial charge on any atom is -0.322 e. The zero-order chi connectivity index (χ0) is 17.2. The summed E-state index contributed by atoms with van der Waals surface area (Å²) >= 11 is 6.16. The second kappa shape index (κ2) is 6.42. The van der Waals surface area contributed by atoms with Crippen LogP contribution < -0.4 is 5.32 Å². The number of nitrogens with zero attached hydrogens (tertiary/aromatic N) is 2. The maximum absolute atomic E-state index is 12.2. The van der Waals surface area contributed by atoms with E-state index in [1.807, 2.05) is 71.3 Å². The Morgan fingerprint density at radius 1 is 1.04 bits per heavy atom. The van der Waals surface area contributed by atoms with Crippen molar-refractivity contribution in [2.75, 3.05) is 5.32 Å². The van der Waals surface area contributed by atoms with E-state index in [1.165, 1.54) is 6.08 Å². The van der Waals surface area contributed by atoms with Gasteiger partial charge in [-0.05, 0) is 41.1 Å². The van der Waals surface area contributed by atoms with Crippen LogP contribution in [0.15, 0.2) is 72.9 Å². The van der Waals surface area contributed by atoms with Crippen LogP contribution in [-0.4, -0.2) is 15.3 Å². The van der Waals surface area contributed by atoms with Gasteiger partial charge in [-0.25, -0.2) is 4.98 Å². The molecule has 0 fully saturated rings.